The molecule has 1 aliphatic rings. The van der Waals surface area contributed by atoms with Crippen molar-refractivity contribution in [1.29, 1.82) is 0 Å². The molecule has 1 aliphatic heterocycles. The van der Waals surface area contributed by atoms with E-state index in [0.717, 1.165) is 19.5 Å². The van der Waals surface area contributed by atoms with Crippen LogP contribution in [0.1, 0.15) is 25.8 Å². The van der Waals surface area contributed by atoms with Crippen LogP contribution in [0, 0.1) is 0 Å². The first-order valence-electron chi connectivity index (χ1n) is 6.28. The molecule has 0 bridgehead atoms. The number of halogens is 1. The average molecular weight is 297 g/mol. The highest BCUT2D eigenvalue weighted by Gasteiger charge is 2.29. The minimum Gasteiger partial charge on any atom is -0.312 e. The van der Waals surface area contributed by atoms with E-state index in [1.807, 2.05) is 0 Å². The lowest BCUT2D eigenvalue weighted by molar-refractivity contribution is 0.443. The summed E-state index contributed by atoms with van der Waals surface area (Å²) in [7, 11) is 0. The first-order valence-corrected chi connectivity index (χ1v) is 7.07. The molecule has 0 spiro atoms. The zero-order valence-electron chi connectivity index (χ0n) is 10.6. The summed E-state index contributed by atoms with van der Waals surface area (Å²) in [6.45, 7) is 6.68. The molecule has 1 heterocycles. The first kappa shape index (κ1) is 13.1. The zero-order chi connectivity index (χ0) is 12.3. The molecule has 0 amide bonds. The van der Waals surface area contributed by atoms with E-state index in [-0.39, 0.29) is 0 Å². The van der Waals surface area contributed by atoms with Crippen LogP contribution in [0.5, 0.6) is 0 Å². The third kappa shape index (κ3) is 4.09. The van der Waals surface area contributed by atoms with Gasteiger partial charge in [-0.05, 0) is 50.9 Å². The van der Waals surface area contributed by atoms with Gasteiger partial charge in [0, 0.05) is 22.6 Å². The van der Waals surface area contributed by atoms with Gasteiger partial charge in [-0.3, -0.25) is 0 Å². The van der Waals surface area contributed by atoms with Crippen LogP contribution >= 0.6 is 15.9 Å². The SMILES string of the molecule is CC1(C)CC(NCCc2cccc(Br)c2)CN1. The molecule has 1 aromatic carbocycles. The predicted octanol–water partition coefficient (Wildman–Crippen LogP) is 2.72. The maximum absolute atomic E-state index is 3.63. The number of rotatable bonds is 4. The fraction of sp³-hybridized carbons (Fsp3) is 0.571. The van der Waals surface area contributed by atoms with Crippen LogP contribution in [0.2, 0.25) is 0 Å². The lowest BCUT2D eigenvalue weighted by atomic mass is 10.0. The van der Waals surface area contributed by atoms with Gasteiger partial charge in [0.25, 0.3) is 0 Å². The van der Waals surface area contributed by atoms with Crippen molar-refractivity contribution in [3.05, 3.63) is 34.3 Å². The smallest absolute Gasteiger partial charge is 0.0210 e. The Kier molecular flexibility index (Phi) is 4.23. The van der Waals surface area contributed by atoms with Gasteiger partial charge in [0.1, 0.15) is 0 Å². The Morgan fingerprint density at radius 1 is 1.47 bits per heavy atom. The van der Waals surface area contributed by atoms with E-state index in [0.29, 0.717) is 11.6 Å². The van der Waals surface area contributed by atoms with Crippen LogP contribution < -0.4 is 10.6 Å². The van der Waals surface area contributed by atoms with Gasteiger partial charge >= 0.3 is 0 Å². The number of benzene rings is 1. The molecule has 1 aromatic rings. The van der Waals surface area contributed by atoms with Gasteiger partial charge in [-0.15, -0.1) is 0 Å². The Morgan fingerprint density at radius 3 is 2.94 bits per heavy atom. The number of hydrogen-bond acceptors (Lipinski definition) is 2. The van der Waals surface area contributed by atoms with Crippen LogP contribution in [-0.2, 0) is 6.42 Å². The lowest BCUT2D eigenvalue weighted by Crippen LogP contribution is -2.32. The fourth-order valence-corrected chi connectivity index (χ4v) is 2.86. The minimum absolute atomic E-state index is 0.299. The monoisotopic (exact) mass is 296 g/mol. The molecule has 0 aliphatic carbocycles. The summed E-state index contributed by atoms with van der Waals surface area (Å²) in [5.74, 6) is 0. The second-order valence-electron chi connectivity index (χ2n) is 5.50. The zero-order valence-corrected chi connectivity index (χ0v) is 12.2. The molecule has 94 valence electrons. The van der Waals surface area contributed by atoms with E-state index in [2.05, 4.69) is 64.7 Å². The Labute approximate surface area is 112 Å². The molecule has 3 heteroatoms. The van der Waals surface area contributed by atoms with Crippen LogP contribution in [-0.4, -0.2) is 24.7 Å². The Bertz CT molecular complexity index is 376. The lowest BCUT2D eigenvalue weighted by Gasteiger charge is -2.17. The average Bonchev–Trinajstić information content (AvgIpc) is 2.58. The number of nitrogens with one attached hydrogen (secondary N) is 2. The van der Waals surface area contributed by atoms with Crippen molar-refractivity contribution in [3.63, 3.8) is 0 Å². The molecule has 0 aromatic heterocycles. The fourth-order valence-electron chi connectivity index (χ4n) is 2.42. The molecule has 1 saturated heterocycles. The molecule has 2 rings (SSSR count). The summed E-state index contributed by atoms with van der Waals surface area (Å²) in [6, 6.07) is 9.17. The van der Waals surface area contributed by atoms with Crippen molar-refractivity contribution in [1.82, 2.24) is 10.6 Å². The van der Waals surface area contributed by atoms with Crippen molar-refractivity contribution in [2.45, 2.75) is 38.3 Å². The van der Waals surface area contributed by atoms with Crippen molar-refractivity contribution in [2.24, 2.45) is 0 Å². The van der Waals surface area contributed by atoms with Gasteiger partial charge in [-0.25, -0.2) is 0 Å². The summed E-state index contributed by atoms with van der Waals surface area (Å²) >= 11 is 3.50. The molecule has 17 heavy (non-hydrogen) atoms. The quantitative estimate of drug-likeness (QED) is 0.893. The highest BCUT2D eigenvalue weighted by molar-refractivity contribution is 9.10. The van der Waals surface area contributed by atoms with Gasteiger partial charge in [0.2, 0.25) is 0 Å². The largest absolute Gasteiger partial charge is 0.312 e. The van der Waals surface area contributed by atoms with E-state index >= 15 is 0 Å². The molecular weight excluding hydrogens is 276 g/mol. The molecule has 2 N–H and O–H groups in total. The van der Waals surface area contributed by atoms with Crippen LogP contribution in [0.4, 0.5) is 0 Å². The summed E-state index contributed by atoms with van der Waals surface area (Å²) in [5.41, 5.74) is 1.69. The van der Waals surface area contributed by atoms with Gasteiger partial charge < -0.3 is 10.6 Å². The van der Waals surface area contributed by atoms with Crippen molar-refractivity contribution >= 4 is 15.9 Å². The molecule has 1 atom stereocenters. The third-order valence-corrected chi connectivity index (χ3v) is 3.81. The first-order chi connectivity index (χ1) is 8.05. The van der Waals surface area contributed by atoms with Crippen LogP contribution in [0.3, 0.4) is 0 Å². The summed E-state index contributed by atoms with van der Waals surface area (Å²) in [6.07, 6.45) is 2.31. The van der Waals surface area contributed by atoms with Gasteiger partial charge in [-0.2, -0.15) is 0 Å². The Morgan fingerprint density at radius 2 is 2.29 bits per heavy atom. The maximum Gasteiger partial charge on any atom is 0.0210 e. The maximum atomic E-state index is 3.63. The Balaban J connectivity index is 1.73. The summed E-state index contributed by atoms with van der Waals surface area (Å²) in [4.78, 5) is 0. The van der Waals surface area contributed by atoms with Crippen molar-refractivity contribution in [3.8, 4) is 0 Å². The summed E-state index contributed by atoms with van der Waals surface area (Å²) in [5, 5.41) is 7.16. The van der Waals surface area contributed by atoms with E-state index in [1.54, 1.807) is 0 Å². The molecule has 0 radical (unpaired) electrons. The van der Waals surface area contributed by atoms with Crippen molar-refractivity contribution < 1.29 is 0 Å². The Hall–Kier alpha value is -0.380. The highest BCUT2D eigenvalue weighted by atomic mass is 79.9. The molecule has 2 nitrogen and oxygen atoms in total. The van der Waals surface area contributed by atoms with E-state index < -0.39 is 0 Å². The van der Waals surface area contributed by atoms with Crippen LogP contribution in [0.25, 0.3) is 0 Å². The summed E-state index contributed by atoms with van der Waals surface area (Å²) < 4.78 is 1.17. The highest BCUT2D eigenvalue weighted by Crippen LogP contribution is 2.17. The minimum atomic E-state index is 0.299. The second-order valence-corrected chi connectivity index (χ2v) is 6.42. The van der Waals surface area contributed by atoms with Gasteiger partial charge in [0.15, 0.2) is 0 Å². The topological polar surface area (TPSA) is 24.1 Å². The standard InChI is InChI=1S/C14H21BrN2/c1-14(2)9-13(10-17-14)16-7-6-11-4-3-5-12(15)8-11/h3-5,8,13,16-17H,6-7,9-10H2,1-2H3. The van der Waals surface area contributed by atoms with E-state index in [1.165, 1.54) is 16.5 Å². The van der Waals surface area contributed by atoms with Crippen molar-refractivity contribution in [2.75, 3.05) is 13.1 Å². The van der Waals surface area contributed by atoms with Gasteiger partial charge in [0.05, 0.1) is 0 Å². The van der Waals surface area contributed by atoms with Crippen LogP contribution in [0.15, 0.2) is 28.7 Å². The normalized spacial score (nSPS) is 22.9. The molecule has 1 unspecified atom stereocenters. The van der Waals surface area contributed by atoms with Gasteiger partial charge in [-0.1, -0.05) is 28.1 Å². The number of hydrogen-bond donors (Lipinski definition) is 2. The van der Waals surface area contributed by atoms with E-state index in [4.69, 9.17) is 0 Å². The second kappa shape index (κ2) is 5.51. The molecule has 0 saturated carbocycles. The molecule has 1 fully saturated rings. The molecular formula is C14H21BrN2. The predicted molar refractivity (Wildman–Crippen MR) is 76.3 cm³/mol. The van der Waals surface area contributed by atoms with E-state index in [9.17, 15) is 0 Å². The third-order valence-electron chi connectivity index (χ3n) is 3.32.